The number of allylic oxidation sites excluding steroid dienone is 2. The zero-order valence-electron chi connectivity index (χ0n) is 32.7. The monoisotopic (exact) mass is 927 g/mol. The van der Waals surface area contributed by atoms with Gasteiger partial charge in [-0.3, -0.25) is 0 Å². The van der Waals surface area contributed by atoms with Gasteiger partial charge < -0.3 is 0 Å². The van der Waals surface area contributed by atoms with Crippen LogP contribution in [0, 0.1) is 41.5 Å². The second-order valence-corrected chi connectivity index (χ2v) is 75.4. The summed E-state index contributed by atoms with van der Waals surface area (Å²) in [5.41, 5.74) is 23.2. The topological polar surface area (TPSA) is 0 Å². The van der Waals surface area contributed by atoms with Crippen LogP contribution in [0.4, 0.5) is 0 Å². The van der Waals surface area contributed by atoms with Gasteiger partial charge in [0.1, 0.15) is 0 Å². The van der Waals surface area contributed by atoms with Crippen molar-refractivity contribution in [2.75, 3.05) is 0 Å². The molecule has 2 aliphatic rings. The Bertz CT molecular complexity index is 2360. The third-order valence-corrected chi connectivity index (χ3v) is 85.7. The molecule has 0 aromatic heterocycles. The van der Waals surface area contributed by atoms with Gasteiger partial charge in [-0.2, -0.15) is 0 Å². The van der Waals surface area contributed by atoms with Crippen molar-refractivity contribution in [2.45, 2.75) is 62.0 Å². The Hall–Kier alpha value is -3.53. The van der Waals surface area contributed by atoms with Crippen LogP contribution < -0.4 is 0 Å². The number of hydrogen-bond acceptors (Lipinski definition) is 0. The van der Waals surface area contributed by atoms with Gasteiger partial charge in [0.2, 0.25) is 0 Å². The summed E-state index contributed by atoms with van der Waals surface area (Å²) < 4.78 is -0.146. The zero-order valence-corrected chi connectivity index (χ0v) is 38.9. The van der Waals surface area contributed by atoms with Crippen LogP contribution in [0.25, 0.3) is 45.6 Å². The first kappa shape index (κ1) is 37.4. The van der Waals surface area contributed by atoms with Crippen LogP contribution in [0.15, 0.2) is 121 Å². The van der Waals surface area contributed by atoms with E-state index in [1.165, 1.54) is 100 Å². The third-order valence-electron chi connectivity index (χ3n) is 13.2. The van der Waals surface area contributed by atoms with Crippen molar-refractivity contribution in [2.24, 2.45) is 0 Å². The fraction of sp³-hybridized carbons (Fsp3) is 0.200. The van der Waals surface area contributed by atoms with E-state index in [9.17, 15) is 0 Å². The molecule has 0 saturated carbocycles. The fourth-order valence-electron chi connectivity index (χ4n) is 9.55. The van der Waals surface area contributed by atoms with Crippen LogP contribution >= 0.6 is 17.2 Å². The molecular formula is C50H49Cl2HfSi. The Morgan fingerprint density at radius 1 is 0.426 bits per heavy atom. The van der Waals surface area contributed by atoms with Gasteiger partial charge in [-0.25, -0.2) is 0 Å². The Kier molecular flexibility index (Phi) is 9.62. The van der Waals surface area contributed by atoms with E-state index in [0.717, 1.165) is 0 Å². The summed E-state index contributed by atoms with van der Waals surface area (Å²) in [5.74, 6) is -1.82. The van der Waals surface area contributed by atoms with E-state index in [2.05, 4.69) is 188 Å². The molecule has 6 aromatic rings. The predicted molar refractivity (Wildman–Crippen MR) is 237 cm³/mol. The molecule has 0 heterocycles. The number of benzene rings is 6. The number of halogens is 2. The second kappa shape index (κ2) is 13.9. The summed E-state index contributed by atoms with van der Waals surface area (Å²) in [7, 11) is 18.0. The summed E-state index contributed by atoms with van der Waals surface area (Å²) in [6.07, 6.45) is 4.93. The molecule has 2 unspecified atom stereocenters. The first-order chi connectivity index (χ1) is 25.8. The SMILES string of the molecule is Cc1ccc(-c2cccc3c2C=C(c2ccccc2)[CH]3[Hf]([Cl])([Cl])([CH]2C(c3ccccc3)=Cc3c(-c4ccc(C)c(C)c4C)cccc32)[SiH](C)C)c(C)c1C. The molecule has 2 atom stereocenters. The van der Waals surface area contributed by atoms with Gasteiger partial charge in [0.05, 0.1) is 0 Å². The van der Waals surface area contributed by atoms with Crippen LogP contribution in [0.5, 0.6) is 0 Å². The summed E-state index contributed by atoms with van der Waals surface area (Å²) in [4.78, 5) is 0. The maximum atomic E-state index is 9.00. The zero-order chi connectivity index (χ0) is 38.1. The number of fused-ring (bicyclic) bond motifs is 2. The van der Waals surface area contributed by atoms with E-state index >= 15 is 0 Å². The maximum absolute atomic E-state index is 9.00. The van der Waals surface area contributed by atoms with E-state index < -0.39 is 21.3 Å². The van der Waals surface area contributed by atoms with E-state index in [4.69, 9.17) is 17.2 Å². The minimum absolute atomic E-state index is 0.0729. The third kappa shape index (κ3) is 5.70. The van der Waals surface area contributed by atoms with Gasteiger partial charge >= 0.3 is 334 Å². The quantitative estimate of drug-likeness (QED) is 0.140. The van der Waals surface area contributed by atoms with Gasteiger partial charge in [0.25, 0.3) is 0 Å². The Labute approximate surface area is 331 Å². The van der Waals surface area contributed by atoms with Crippen molar-refractivity contribution < 1.29 is 15.3 Å². The summed E-state index contributed by atoms with van der Waals surface area (Å²) in [6, 6.07) is 44.8. The van der Waals surface area contributed by atoms with Crippen molar-refractivity contribution in [3.8, 4) is 22.3 Å². The number of rotatable bonds is 7. The molecule has 0 spiro atoms. The molecule has 0 N–H and O–H groups in total. The molecule has 0 saturated heterocycles. The molecule has 8 rings (SSSR count). The average molecular weight is 927 g/mol. The predicted octanol–water partition coefficient (Wildman–Crippen LogP) is 14.7. The molecule has 0 radical (unpaired) electrons. The molecule has 271 valence electrons. The first-order valence-electron chi connectivity index (χ1n) is 19.3. The standard InChI is InChI=1S/2C24H21.C2H7Si.2ClH.Hf/c2*1-16-12-13-22(18(3)17(16)2)23-11-7-10-20-14-21(15-24(20)23)19-8-5-4-6-9-19;1-3-2;;;/h2*4-15H,1-3H3;3H,1-2H3;2*1H;/q;;;;;+2/p-2. The van der Waals surface area contributed by atoms with Gasteiger partial charge in [0.15, 0.2) is 0 Å². The molecule has 54 heavy (non-hydrogen) atoms. The first-order valence-corrected chi connectivity index (χ1v) is 41.5. The molecule has 0 aliphatic heterocycles. The summed E-state index contributed by atoms with van der Waals surface area (Å²) in [5, 5.41) is 0. The van der Waals surface area contributed by atoms with Crippen molar-refractivity contribution >= 4 is 46.4 Å². The average Bonchev–Trinajstić information content (AvgIpc) is 3.79. The molecule has 0 bridgehead atoms. The van der Waals surface area contributed by atoms with Crippen molar-refractivity contribution in [3.05, 3.63) is 188 Å². The minimum atomic E-state index is -5.37. The van der Waals surface area contributed by atoms with Gasteiger partial charge in [-0.15, -0.1) is 0 Å². The molecule has 0 nitrogen and oxygen atoms in total. The van der Waals surface area contributed by atoms with E-state index in [-0.39, 0.29) is 7.35 Å². The molecule has 2 aliphatic carbocycles. The van der Waals surface area contributed by atoms with Gasteiger partial charge in [0, 0.05) is 0 Å². The molecule has 4 heteroatoms. The van der Waals surface area contributed by atoms with Crippen LogP contribution in [0.3, 0.4) is 0 Å². The Morgan fingerprint density at radius 3 is 1.19 bits per heavy atom. The summed E-state index contributed by atoms with van der Waals surface area (Å²) >= 11 is -5.37. The van der Waals surface area contributed by atoms with Crippen molar-refractivity contribution in [1.29, 1.82) is 0 Å². The van der Waals surface area contributed by atoms with Gasteiger partial charge in [-0.1, -0.05) is 0 Å². The van der Waals surface area contributed by atoms with Gasteiger partial charge in [-0.05, 0) is 0 Å². The van der Waals surface area contributed by atoms with Crippen molar-refractivity contribution in [3.63, 3.8) is 0 Å². The van der Waals surface area contributed by atoms with Crippen LogP contribution in [0.1, 0.15) is 74.1 Å². The van der Waals surface area contributed by atoms with E-state index in [1.807, 2.05) is 0 Å². The molecule has 6 aromatic carbocycles. The van der Waals surface area contributed by atoms with Crippen LogP contribution in [-0.2, 0) is 15.3 Å². The molecule has 0 amide bonds. The number of aryl methyl sites for hydroxylation is 2. The molecular weight excluding hydrogens is 878 g/mol. The normalized spacial score (nSPS) is 17.1. The van der Waals surface area contributed by atoms with Crippen LogP contribution in [0.2, 0.25) is 13.1 Å². The van der Waals surface area contributed by atoms with Crippen LogP contribution in [-0.4, -0.2) is 5.98 Å². The molecule has 0 fully saturated rings. The number of hydrogen-bond donors (Lipinski definition) is 0. The Morgan fingerprint density at radius 2 is 0.815 bits per heavy atom. The fourth-order valence-corrected chi connectivity index (χ4v) is 52.2. The van der Waals surface area contributed by atoms with E-state index in [1.54, 1.807) is 0 Å². The second-order valence-electron chi connectivity index (χ2n) is 16.2. The Balaban J connectivity index is 1.44. The van der Waals surface area contributed by atoms with E-state index in [0.29, 0.717) is 0 Å². The summed E-state index contributed by atoms with van der Waals surface area (Å²) in [6.45, 7) is 18.3. The van der Waals surface area contributed by atoms with Crippen molar-refractivity contribution in [1.82, 2.24) is 0 Å².